The van der Waals surface area contributed by atoms with Gasteiger partial charge in [-0.2, -0.15) is 0 Å². The molecule has 0 spiro atoms. The van der Waals surface area contributed by atoms with E-state index in [9.17, 15) is 4.79 Å². The van der Waals surface area contributed by atoms with Gasteiger partial charge in [0.2, 0.25) is 0 Å². The first-order chi connectivity index (χ1) is 12.6. The van der Waals surface area contributed by atoms with E-state index in [0.29, 0.717) is 12.6 Å². The van der Waals surface area contributed by atoms with Gasteiger partial charge in [0.15, 0.2) is 0 Å². The van der Waals surface area contributed by atoms with E-state index < -0.39 is 0 Å². The molecule has 4 nitrogen and oxygen atoms in total. The molecule has 0 saturated heterocycles. The average Bonchev–Trinajstić information content (AvgIpc) is 3.46. The molecule has 4 rings (SSSR count). The molecule has 4 heteroatoms. The van der Waals surface area contributed by atoms with E-state index in [-0.39, 0.29) is 5.91 Å². The molecule has 1 saturated carbocycles. The molecule has 1 N–H and O–H groups in total. The number of H-pyrrole nitrogens is 1. The number of benzene rings is 2. The molecule has 3 aromatic rings. The molecule has 0 bridgehead atoms. The molecule has 1 amide bonds. The average molecular weight is 348 g/mol. The number of ether oxygens (including phenoxy) is 1. The summed E-state index contributed by atoms with van der Waals surface area (Å²) in [5.41, 5.74) is 5.34. The monoisotopic (exact) mass is 348 g/mol. The number of hydrogen-bond acceptors (Lipinski definition) is 2. The molecule has 1 aromatic heterocycles. The number of aryl methyl sites for hydroxylation is 2. The Bertz CT molecular complexity index is 952. The zero-order valence-corrected chi connectivity index (χ0v) is 15.5. The maximum atomic E-state index is 13.2. The third-order valence-electron chi connectivity index (χ3n) is 5.32. The Hall–Kier alpha value is -2.75. The Kier molecular flexibility index (Phi) is 4.19. The Labute approximate surface area is 153 Å². The number of fused-ring (bicyclic) bond motifs is 1. The number of hydrogen-bond donors (Lipinski definition) is 1. The number of carbonyl (C=O) groups excluding carboxylic acids is 1. The SMILES string of the molecule is COc1ccc(CN(C(=O)c2ccc3[nH]c(C)c(C)c3c2)C2CC2)cc1. The van der Waals surface area contributed by atoms with E-state index in [4.69, 9.17) is 4.74 Å². The summed E-state index contributed by atoms with van der Waals surface area (Å²) in [6.07, 6.45) is 2.18. The summed E-state index contributed by atoms with van der Waals surface area (Å²) in [5, 5.41) is 1.13. The van der Waals surface area contributed by atoms with Gasteiger partial charge < -0.3 is 14.6 Å². The molecule has 0 aliphatic heterocycles. The van der Waals surface area contributed by atoms with Crippen molar-refractivity contribution < 1.29 is 9.53 Å². The van der Waals surface area contributed by atoms with Crippen LogP contribution in [0.4, 0.5) is 0 Å². The zero-order valence-electron chi connectivity index (χ0n) is 15.5. The van der Waals surface area contributed by atoms with Gasteiger partial charge in [0, 0.05) is 34.7 Å². The minimum absolute atomic E-state index is 0.114. The Morgan fingerprint density at radius 1 is 1.15 bits per heavy atom. The van der Waals surface area contributed by atoms with Crippen LogP contribution in [-0.2, 0) is 6.54 Å². The van der Waals surface area contributed by atoms with Crippen molar-refractivity contribution in [2.45, 2.75) is 39.3 Å². The van der Waals surface area contributed by atoms with Crippen molar-refractivity contribution in [1.82, 2.24) is 9.88 Å². The van der Waals surface area contributed by atoms with Crippen LogP contribution in [0, 0.1) is 13.8 Å². The number of amides is 1. The van der Waals surface area contributed by atoms with Gasteiger partial charge in [0.1, 0.15) is 5.75 Å². The fraction of sp³-hybridized carbons (Fsp3) is 0.318. The predicted molar refractivity (Wildman–Crippen MR) is 104 cm³/mol. The number of methoxy groups -OCH3 is 1. The smallest absolute Gasteiger partial charge is 0.254 e. The van der Waals surface area contributed by atoms with Crippen LogP contribution in [0.3, 0.4) is 0 Å². The first-order valence-corrected chi connectivity index (χ1v) is 9.09. The molecule has 26 heavy (non-hydrogen) atoms. The summed E-state index contributed by atoms with van der Waals surface area (Å²) < 4.78 is 5.22. The molecule has 0 radical (unpaired) electrons. The van der Waals surface area contributed by atoms with Crippen LogP contribution in [0.5, 0.6) is 5.75 Å². The van der Waals surface area contributed by atoms with E-state index in [1.165, 1.54) is 5.56 Å². The number of nitrogens with one attached hydrogen (secondary N) is 1. The standard InChI is InChI=1S/C22H24N2O2/c1-14-15(2)23-21-11-6-17(12-20(14)21)22(25)24(18-7-8-18)13-16-4-9-19(26-3)10-5-16/h4-6,9-12,18,23H,7-8,13H2,1-3H3. The van der Waals surface area contributed by atoms with Crippen molar-refractivity contribution in [3.8, 4) is 5.75 Å². The molecule has 1 aliphatic rings. The second-order valence-electron chi connectivity index (χ2n) is 7.15. The fourth-order valence-electron chi connectivity index (χ4n) is 3.44. The van der Waals surface area contributed by atoms with Gasteiger partial charge >= 0.3 is 0 Å². The number of nitrogens with zero attached hydrogens (tertiary/aromatic N) is 1. The van der Waals surface area contributed by atoms with Crippen LogP contribution in [0.1, 0.15) is 40.0 Å². The Morgan fingerprint density at radius 2 is 1.88 bits per heavy atom. The number of aromatic amines is 1. The van der Waals surface area contributed by atoms with Gasteiger partial charge in [-0.3, -0.25) is 4.79 Å². The van der Waals surface area contributed by atoms with E-state index in [1.54, 1.807) is 7.11 Å². The lowest BCUT2D eigenvalue weighted by molar-refractivity contribution is 0.0730. The third kappa shape index (κ3) is 3.07. The molecule has 0 unspecified atom stereocenters. The van der Waals surface area contributed by atoms with Crippen molar-refractivity contribution in [1.29, 1.82) is 0 Å². The van der Waals surface area contributed by atoms with Crippen molar-refractivity contribution >= 4 is 16.8 Å². The normalized spacial score (nSPS) is 13.8. The van der Waals surface area contributed by atoms with E-state index in [0.717, 1.165) is 46.3 Å². The summed E-state index contributed by atoms with van der Waals surface area (Å²) >= 11 is 0. The maximum absolute atomic E-state index is 13.2. The van der Waals surface area contributed by atoms with Gasteiger partial charge in [0.25, 0.3) is 5.91 Å². The molecule has 1 fully saturated rings. The lowest BCUT2D eigenvalue weighted by atomic mass is 10.1. The maximum Gasteiger partial charge on any atom is 0.254 e. The molecule has 1 heterocycles. The number of aromatic nitrogens is 1. The highest BCUT2D eigenvalue weighted by Crippen LogP contribution is 2.31. The van der Waals surface area contributed by atoms with Crippen LogP contribution in [-0.4, -0.2) is 28.9 Å². The quantitative estimate of drug-likeness (QED) is 0.732. The summed E-state index contributed by atoms with van der Waals surface area (Å²) in [6.45, 7) is 4.80. The van der Waals surface area contributed by atoms with Gasteiger partial charge in [-0.25, -0.2) is 0 Å². The van der Waals surface area contributed by atoms with Crippen LogP contribution in [0.15, 0.2) is 42.5 Å². The van der Waals surface area contributed by atoms with Crippen molar-refractivity contribution in [2.24, 2.45) is 0 Å². The first kappa shape index (κ1) is 16.7. The largest absolute Gasteiger partial charge is 0.497 e. The van der Waals surface area contributed by atoms with Crippen LogP contribution >= 0.6 is 0 Å². The van der Waals surface area contributed by atoms with Gasteiger partial charge in [-0.05, 0) is 68.1 Å². The highest BCUT2D eigenvalue weighted by Gasteiger charge is 2.33. The van der Waals surface area contributed by atoms with Crippen molar-refractivity contribution in [3.05, 3.63) is 64.8 Å². The summed E-state index contributed by atoms with van der Waals surface area (Å²) in [6, 6.07) is 14.3. The third-order valence-corrected chi connectivity index (χ3v) is 5.32. The molecular formula is C22H24N2O2. The van der Waals surface area contributed by atoms with Gasteiger partial charge in [0.05, 0.1) is 7.11 Å². The summed E-state index contributed by atoms with van der Waals surface area (Å²) in [4.78, 5) is 18.6. The topological polar surface area (TPSA) is 45.3 Å². The van der Waals surface area contributed by atoms with Crippen molar-refractivity contribution in [3.63, 3.8) is 0 Å². The number of rotatable bonds is 5. The zero-order chi connectivity index (χ0) is 18.3. The van der Waals surface area contributed by atoms with Gasteiger partial charge in [-0.1, -0.05) is 12.1 Å². The first-order valence-electron chi connectivity index (χ1n) is 9.09. The summed E-state index contributed by atoms with van der Waals surface area (Å²) in [7, 11) is 1.66. The van der Waals surface area contributed by atoms with Gasteiger partial charge in [-0.15, -0.1) is 0 Å². The van der Waals surface area contributed by atoms with E-state index in [2.05, 4.69) is 18.8 Å². The second-order valence-corrected chi connectivity index (χ2v) is 7.15. The highest BCUT2D eigenvalue weighted by molar-refractivity contribution is 5.99. The molecule has 1 aliphatic carbocycles. The second kappa shape index (κ2) is 6.52. The minimum Gasteiger partial charge on any atom is -0.497 e. The molecule has 2 aromatic carbocycles. The van der Waals surface area contributed by atoms with E-state index in [1.807, 2.05) is 47.4 Å². The fourth-order valence-corrected chi connectivity index (χ4v) is 3.44. The van der Waals surface area contributed by atoms with Crippen LogP contribution < -0.4 is 4.74 Å². The van der Waals surface area contributed by atoms with Crippen molar-refractivity contribution in [2.75, 3.05) is 7.11 Å². The lowest BCUT2D eigenvalue weighted by Crippen LogP contribution is -2.32. The molecule has 0 atom stereocenters. The molecular weight excluding hydrogens is 324 g/mol. The minimum atomic E-state index is 0.114. The summed E-state index contributed by atoms with van der Waals surface area (Å²) in [5.74, 6) is 0.949. The van der Waals surface area contributed by atoms with Crippen LogP contribution in [0.25, 0.3) is 10.9 Å². The van der Waals surface area contributed by atoms with E-state index >= 15 is 0 Å². The van der Waals surface area contributed by atoms with Crippen LogP contribution in [0.2, 0.25) is 0 Å². The Morgan fingerprint density at radius 3 is 2.54 bits per heavy atom. The number of carbonyl (C=O) groups is 1. The lowest BCUT2D eigenvalue weighted by Gasteiger charge is -2.23. The molecule has 134 valence electrons. The predicted octanol–water partition coefficient (Wildman–Crippen LogP) is 4.60. The highest BCUT2D eigenvalue weighted by atomic mass is 16.5. The Balaban J connectivity index is 1.61.